The van der Waals surface area contributed by atoms with Crippen molar-refractivity contribution in [1.29, 1.82) is 5.26 Å². The third kappa shape index (κ3) is 4.99. The van der Waals surface area contributed by atoms with E-state index in [1.165, 1.54) is 17.0 Å². The molecule has 26 heavy (non-hydrogen) atoms. The van der Waals surface area contributed by atoms with Gasteiger partial charge < -0.3 is 15.1 Å². The number of carbonyl (C=O) groups is 1. The monoisotopic (exact) mass is 366 g/mol. The van der Waals surface area contributed by atoms with Crippen molar-refractivity contribution in [2.45, 2.75) is 25.1 Å². The van der Waals surface area contributed by atoms with Crippen LogP contribution in [0.3, 0.4) is 0 Å². The largest absolute Gasteiger partial charge is 0.416 e. The Morgan fingerprint density at radius 2 is 2.04 bits per heavy atom. The maximum absolute atomic E-state index is 12.7. The normalized spacial score (nSPS) is 16.8. The van der Waals surface area contributed by atoms with Gasteiger partial charge in [0, 0.05) is 25.0 Å². The van der Waals surface area contributed by atoms with Crippen molar-refractivity contribution in [3.05, 3.63) is 41.6 Å². The molecule has 0 saturated carbocycles. The standard InChI is InChI=1S/C18H21F3N4O/c1-24-8-6-16(7-9-24)25(2)17(26)13(11-22)12-23-15-5-3-4-14(10-15)18(19,20)21/h3-5,10,12,16,23H,6-9H2,1-2H3/b13-12-. The number of anilines is 1. The molecule has 1 N–H and O–H groups in total. The number of halogens is 3. The molecule has 0 unspecified atom stereocenters. The van der Waals surface area contributed by atoms with Crippen LogP contribution in [-0.2, 0) is 11.0 Å². The molecule has 1 aromatic rings. The summed E-state index contributed by atoms with van der Waals surface area (Å²) >= 11 is 0. The van der Waals surface area contributed by atoms with Crippen molar-refractivity contribution < 1.29 is 18.0 Å². The summed E-state index contributed by atoms with van der Waals surface area (Å²) in [5.41, 5.74) is -0.796. The van der Waals surface area contributed by atoms with Crippen LogP contribution in [0.5, 0.6) is 0 Å². The summed E-state index contributed by atoms with van der Waals surface area (Å²) in [4.78, 5) is 16.2. The Labute approximate surface area is 150 Å². The van der Waals surface area contributed by atoms with Crippen LogP contribution in [0.2, 0.25) is 0 Å². The highest BCUT2D eigenvalue weighted by molar-refractivity contribution is 5.97. The van der Waals surface area contributed by atoms with Gasteiger partial charge in [-0.25, -0.2) is 0 Å². The van der Waals surface area contributed by atoms with Gasteiger partial charge in [0.15, 0.2) is 0 Å². The topological polar surface area (TPSA) is 59.4 Å². The van der Waals surface area contributed by atoms with Crippen LogP contribution in [0.15, 0.2) is 36.0 Å². The molecule has 0 aromatic heterocycles. The van der Waals surface area contributed by atoms with E-state index in [-0.39, 0.29) is 17.3 Å². The maximum Gasteiger partial charge on any atom is 0.416 e. The lowest BCUT2D eigenvalue weighted by Crippen LogP contribution is -2.44. The fourth-order valence-corrected chi connectivity index (χ4v) is 2.82. The minimum atomic E-state index is -4.45. The van der Waals surface area contributed by atoms with Gasteiger partial charge in [-0.15, -0.1) is 0 Å². The van der Waals surface area contributed by atoms with E-state index in [1.54, 1.807) is 7.05 Å². The number of likely N-dealkylation sites (N-methyl/N-ethyl adjacent to an activating group) is 1. The second-order valence-electron chi connectivity index (χ2n) is 6.34. The molecular formula is C18H21F3N4O. The van der Waals surface area contributed by atoms with E-state index in [9.17, 15) is 23.2 Å². The van der Waals surface area contributed by atoms with Gasteiger partial charge in [-0.2, -0.15) is 18.4 Å². The molecule has 0 aliphatic carbocycles. The molecule has 1 aliphatic rings. The molecule has 1 fully saturated rings. The van der Waals surface area contributed by atoms with Gasteiger partial charge in [0.25, 0.3) is 5.91 Å². The number of alkyl halides is 3. The summed E-state index contributed by atoms with van der Waals surface area (Å²) in [6, 6.07) is 6.45. The van der Waals surface area contributed by atoms with Gasteiger partial charge in [-0.1, -0.05) is 6.07 Å². The second kappa shape index (κ2) is 8.23. The van der Waals surface area contributed by atoms with Gasteiger partial charge >= 0.3 is 6.18 Å². The number of piperidine rings is 1. The van der Waals surface area contributed by atoms with E-state index >= 15 is 0 Å². The van der Waals surface area contributed by atoms with Gasteiger partial charge in [0.05, 0.1) is 5.56 Å². The van der Waals surface area contributed by atoms with Crippen LogP contribution < -0.4 is 5.32 Å². The van der Waals surface area contributed by atoms with Gasteiger partial charge in [-0.05, 0) is 51.2 Å². The van der Waals surface area contributed by atoms with E-state index in [2.05, 4.69) is 10.2 Å². The summed E-state index contributed by atoms with van der Waals surface area (Å²) < 4.78 is 38.2. The first kappa shape index (κ1) is 19.8. The number of hydrogen-bond acceptors (Lipinski definition) is 4. The van der Waals surface area contributed by atoms with Crippen molar-refractivity contribution in [2.24, 2.45) is 0 Å². The summed E-state index contributed by atoms with van der Waals surface area (Å²) in [6.45, 7) is 1.74. The van der Waals surface area contributed by atoms with Crippen LogP contribution in [-0.4, -0.2) is 48.9 Å². The molecule has 0 bridgehead atoms. The van der Waals surface area contributed by atoms with Crippen LogP contribution in [0.25, 0.3) is 0 Å². The molecule has 5 nitrogen and oxygen atoms in total. The number of nitriles is 1. The number of hydrogen-bond donors (Lipinski definition) is 1. The van der Waals surface area contributed by atoms with Crippen molar-refractivity contribution >= 4 is 11.6 Å². The Kier molecular flexibility index (Phi) is 6.27. The number of benzene rings is 1. The lowest BCUT2D eigenvalue weighted by molar-refractivity contribution is -0.137. The average molecular weight is 366 g/mol. The summed E-state index contributed by atoms with van der Waals surface area (Å²) in [6.07, 6.45) is -1.66. The van der Waals surface area contributed by atoms with Crippen LogP contribution >= 0.6 is 0 Å². The highest BCUT2D eigenvalue weighted by Gasteiger charge is 2.30. The third-order valence-electron chi connectivity index (χ3n) is 4.48. The molecule has 1 amide bonds. The number of amides is 1. The first-order chi connectivity index (χ1) is 12.2. The summed E-state index contributed by atoms with van der Waals surface area (Å²) in [5, 5.41) is 11.9. The lowest BCUT2D eigenvalue weighted by Gasteiger charge is -2.34. The Balaban J connectivity index is 2.08. The van der Waals surface area contributed by atoms with Gasteiger partial charge in [0.1, 0.15) is 11.6 Å². The molecule has 1 saturated heterocycles. The zero-order valence-electron chi connectivity index (χ0n) is 14.7. The number of carbonyl (C=O) groups excluding carboxylic acids is 1. The van der Waals surface area contributed by atoms with Crippen molar-refractivity contribution in [2.75, 3.05) is 32.5 Å². The quantitative estimate of drug-likeness (QED) is 0.657. The van der Waals surface area contributed by atoms with Gasteiger partial charge in [0.2, 0.25) is 0 Å². The van der Waals surface area contributed by atoms with Gasteiger partial charge in [-0.3, -0.25) is 4.79 Å². The predicted octanol–water partition coefficient (Wildman–Crippen LogP) is 3.08. The lowest BCUT2D eigenvalue weighted by atomic mass is 10.0. The Morgan fingerprint density at radius 3 is 2.62 bits per heavy atom. The molecular weight excluding hydrogens is 345 g/mol. The summed E-state index contributed by atoms with van der Waals surface area (Å²) in [7, 11) is 3.66. The van der Waals surface area contributed by atoms with E-state index < -0.39 is 17.6 Å². The van der Waals surface area contributed by atoms with Crippen molar-refractivity contribution in [3.8, 4) is 6.07 Å². The molecule has 0 spiro atoms. The van der Waals surface area contributed by atoms with E-state index in [0.717, 1.165) is 44.3 Å². The smallest absolute Gasteiger partial charge is 0.360 e. The predicted molar refractivity (Wildman–Crippen MR) is 92.1 cm³/mol. The minimum absolute atomic E-state index is 0.0454. The number of rotatable bonds is 4. The molecule has 0 atom stereocenters. The van der Waals surface area contributed by atoms with E-state index in [0.29, 0.717) is 0 Å². The average Bonchev–Trinajstić information content (AvgIpc) is 2.61. The van der Waals surface area contributed by atoms with Crippen LogP contribution in [0.4, 0.5) is 18.9 Å². The van der Waals surface area contributed by atoms with Crippen molar-refractivity contribution in [1.82, 2.24) is 9.80 Å². The third-order valence-corrected chi connectivity index (χ3v) is 4.48. The zero-order valence-corrected chi connectivity index (χ0v) is 14.7. The highest BCUT2D eigenvalue weighted by atomic mass is 19.4. The molecule has 1 aromatic carbocycles. The molecule has 2 rings (SSSR count). The van der Waals surface area contributed by atoms with Crippen LogP contribution in [0.1, 0.15) is 18.4 Å². The van der Waals surface area contributed by atoms with Crippen molar-refractivity contribution in [3.63, 3.8) is 0 Å². The molecule has 140 valence electrons. The maximum atomic E-state index is 12.7. The van der Waals surface area contributed by atoms with E-state index in [4.69, 9.17) is 0 Å². The molecule has 0 radical (unpaired) electrons. The Morgan fingerprint density at radius 1 is 1.38 bits per heavy atom. The highest BCUT2D eigenvalue weighted by Crippen LogP contribution is 2.30. The zero-order chi connectivity index (χ0) is 19.3. The van der Waals surface area contributed by atoms with Crippen LogP contribution in [0, 0.1) is 11.3 Å². The first-order valence-corrected chi connectivity index (χ1v) is 8.22. The summed E-state index contributed by atoms with van der Waals surface area (Å²) in [5.74, 6) is -0.443. The Bertz CT molecular complexity index is 716. The number of nitrogens with one attached hydrogen (secondary N) is 1. The van der Waals surface area contributed by atoms with E-state index in [1.807, 2.05) is 13.1 Å². The molecule has 8 heteroatoms. The molecule has 1 heterocycles. The second-order valence-corrected chi connectivity index (χ2v) is 6.34. The minimum Gasteiger partial charge on any atom is -0.360 e. The fourth-order valence-electron chi connectivity index (χ4n) is 2.82. The number of nitrogens with zero attached hydrogens (tertiary/aromatic N) is 3. The fraction of sp³-hybridized carbons (Fsp3) is 0.444. The SMILES string of the molecule is CN1CCC(N(C)C(=O)/C(C#N)=C\Nc2cccc(C(F)(F)F)c2)CC1. The first-order valence-electron chi connectivity index (χ1n) is 8.22. The number of likely N-dealkylation sites (tertiary alicyclic amines) is 1. The Hall–Kier alpha value is -2.53. The molecule has 1 aliphatic heterocycles.